The van der Waals surface area contributed by atoms with Gasteiger partial charge in [0.1, 0.15) is 0 Å². The lowest BCUT2D eigenvalue weighted by atomic mass is 10.1. The molecule has 0 unspecified atom stereocenters. The molecule has 0 fully saturated rings. The predicted molar refractivity (Wildman–Crippen MR) is 206 cm³/mol. The Labute approximate surface area is 288 Å². The van der Waals surface area contributed by atoms with E-state index >= 15 is 0 Å². The molecule has 6 heterocycles. The molecule has 0 aliphatic heterocycles. The first-order chi connectivity index (χ1) is 21.5. The van der Waals surface area contributed by atoms with Crippen LogP contribution >= 0.6 is 68.0 Å². The van der Waals surface area contributed by atoms with Crippen LogP contribution in [0.4, 0.5) is 0 Å². The van der Waals surface area contributed by atoms with Crippen LogP contribution in [0.3, 0.4) is 0 Å². The maximum Gasteiger partial charge on any atom is 0.0538 e. The largest absolute Gasteiger partial charge is 0.139 e. The SMILES string of the molecule is CCCCCCc1ccc(-c2ccc(-c3cc(C)sc3-c3sc(C)cc3-c3ccc(-c4ccc(CCCCCC)s4)s3)s2)s1. The molecule has 44 heavy (non-hydrogen) atoms. The third kappa shape index (κ3) is 7.59. The third-order valence-electron chi connectivity index (χ3n) is 8.02. The Morgan fingerprint density at radius 2 is 0.795 bits per heavy atom. The molecule has 0 aliphatic carbocycles. The summed E-state index contributed by atoms with van der Waals surface area (Å²) in [5, 5.41) is 0. The molecule has 6 aromatic heterocycles. The van der Waals surface area contributed by atoms with Crippen LogP contribution in [0.1, 0.15) is 84.7 Å². The standard InChI is InChI=1S/C38H42S6/c1-5-7-9-11-13-27-15-17-33(41-27)35-21-19-31(43-35)29-23-25(3)39-37(29)38-30(24-26(4)40-38)32-20-22-36(44-32)34-18-16-28(42-34)14-12-10-8-6-2/h15-24H,5-14H2,1-4H3. The van der Waals surface area contributed by atoms with Crippen LogP contribution in [0.25, 0.3) is 50.1 Å². The molecule has 0 spiro atoms. The Morgan fingerprint density at radius 3 is 1.23 bits per heavy atom. The lowest BCUT2D eigenvalue weighted by Gasteiger charge is -2.03. The van der Waals surface area contributed by atoms with E-state index in [1.807, 2.05) is 68.0 Å². The van der Waals surface area contributed by atoms with Crippen LogP contribution in [-0.4, -0.2) is 0 Å². The molecule has 230 valence electrons. The summed E-state index contributed by atoms with van der Waals surface area (Å²) in [4.78, 5) is 17.0. The van der Waals surface area contributed by atoms with E-state index in [2.05, 4.69) is 88.4 Å². The van der Waals surface area contributed by atoms with Crippen molar-refractivity contribution in [2.24, 2.45) is 0 Å². The van der Waals surface area contributed by atoms with E-state index in [9.17, 15) is 0 Å². The fourth-order valence-corrected chi connectivity index (χ4v) is 12.4. The van der Waals surface area contributed by atoms with Gasteiger partial charge in [-0.25, -0.2) is 0 Å². The van der Waals surface area contributed by atoms with Crippen molar-refractivity contribution in [1.29, 1.82) is 0 Å². The van der Waals surface area contributed by atoms with E-state index in [-0.39, 0.29) is 0 Å². The summed E-state index contributed by atoms with van der Waals surface area (Å²) >= 11 is 11.8. The third-order valence-corrected chi connectivity index (χ3v) is 15.2. The zero-order valence-corrected chi connectivity index (χ0v) is 31.2. The van der Waals surface area contributed by atoms with Gasteiger partial charge < -0.3 is 0 Å². The topological polar surface area (TPSA) is 0 Å². The summed E-state index contributed by atoms with van der Waals surface area (Å²) in [5.41, 5.74) is 2.79. The molecule has 6 aromatic rings. The first-order valence-electron chi connectivity index (χ1n) is 16.1. The summed E-state index contributed by atoms with van der Waals surface area (Å²) in [5.74, 6) is 0. The first-order valence-corrected chi connectivity index (χ1v) is 21.0. The van der Waals surface area contributed by atoms with E-state index in [0.29, 0.717) is 0 Å². The molecule has 6 rings (SSSR count). The highest BCUT2D eigenvalue weighted by atomic mass is 32.1. The highest BCUT2D eigenvalue weighted by Crippen LogP contribution is 2.51. The summed E-state index contributed by atoms with van der Waals surface area (Å²) < 4.78 is 0. The van der Waals surface area contributed by atoms with Gasteiger partial charge in [0.05, 0.1) is 9.75 Å². The van der Waals surface area contributed by atoms with E-state index in [1.165, 1.54) is 134 Å². The van der Waals surface area contributed by atoms with Crippen LogP contribution in [0, 0.1) is 13.8 Å². The number of rotatable bonds is 15. The van der Waals surface area contributed by atoms with Crippen LogP contribution in [0.5, 0.6) is 0 Å². The van der Waals surface area contributed by atoms with Gasteiger partial charge in [-0.3, -0.25) is 0 Å². The molecule has 0 radical (unpaired) electrons. The summed E-state index contributed by atoms with van der Waals surface area (Å²) in [7, 11) is 0. The highest BCUT2D eigenvalue weighted by Gasteiger charge is 2.21. The van der Waals surface area contributed by atoms with Gasteiger partial charge in [0.2, 0.25) is 0 Å². The number of unbranched alkanes of at least 4 members (excludes halogenated alkanes) is 6. The number of thiophene rings is 6. The van der Waals surface area contributed by atoms with E-state index in [4.69, 9.17) is 0 Å². The average Bonchev–Trinajstić information content (AvgIpc) is 3.84. The zero-order valence-electron chi connectivity index (χ0n) is 26.3. The molecule has 0 nitrogen and oxygen atoms in total. The molecular formula is C38H42S6. The molecule has 6 heteroatoms. The molecule has 0 amide bonds. The van der Waals surface area contributed by atoms with Gasteiger partial charge in [-0.2, -0.15) is 0 Å². The lowest BCUT2D eigenvalue weighted by molar-refractivity contribution is 0.670. The van der Waals surface area contributed by atoms with Crippen molar-refractivity contribution in [3.05, 3.63) is 80.2 Å². The molecule has 0 saturated heterocycles. The van der Waals surface area contributed by atoms with E-state index in [1.54, 1.807) is 0 Å². The minimum Gasteiger partial charge on any atom is -0.139 e. The van der Waals surface area contributed by atoms with Gasteiger partial charge in [-0.1, -0.05) is 52.4 Å². The maximum absolute atomic E-state index is 2.41. The van der Waals surface area contributed by atoms with Gasteiger partial charge in [0.25, 0.3) is 0 Å². The normalized spacial score (nSPS) is 11.6. The minimum absolute atomic E-state index is 1.22. The van der Waals surface area contributed by atoms with Crippen molar-refractivity contribution >= 4 is 68.0 Å². The van der Waals surface area contributed by atoms with Crippen molar-refractivity contribution in [3.63, 3.8) is 0 Å². The van der Waals surface area contributed by atoms with Crippen LogP contribution in [0.2, 0.25) is 0 Å². The Bertz CT molecular complexity index is 1650. The van der Waals surface area contributed by atoms with Crippen molar-refractivity contribution in [2.45, 2.75) is 91.9 Å². The van der Waals surface area contributed by atoms with Gasteiger partial charge >= 0.3 is 0 Å². The number of aryl methyl sites for hydroxylation is 4. The molecule has 0 bridgehead atoms. The van der Waals surface area contributed by atoms with Gasteiger partial charge in [-0.05, 0) is 100 Å². The summed E-state index contributed by atoms with van der Waals surface area (Å²) in [6.45, 7) is 9.09. The van der Waals surface area contributed by atoms with Crippen molar-refractivity contribution < 1.29 is 0 Å². The molecule has 0 aliphatic rings. The predicted octanol–water partition coefficient (Wildman–Crippen LogP) is 15.3. The fraction of sp³-hybridized carbons (Fsp3) is 0.368. The van der Waals surface area contributed by atoms with E-state index < -0.39 is 0 Å². The average molecular weight is 691 g/mol. The number of hydrogen-bond acceptors (Lipinski definition) is 6. The summed E-state index contributed by atoms with van der Waals surface area (Å²) in [6, 6.07) is 23.6. The molecule has 0 aromatic carbocycles. The second-order valence-corrected chi connectivity index (χ2v) is 18.7. The Hall–Kier alpha value is -1.80. The minimum atomic E-state index is 1.22. The lowest BCUT2D eigenvalue weighted by Crippen LogP contribution is -1.80. The van der Waals surface area contributed by atoms with E-state index in [0.717, 1.165) is 0 Å². The molecule has 0 saturated carbocycles. The second-order valence-electron chi connectivity index (χ2n) is 11.7. The van der Waals surface area contributed by atoms with Crippen molar-refractivity contribution in [3.8, 4) is 50.1 Å². The first kappa shape index (κ1) is 32.2. The Morgan fingerprint density at radius 1 is 0.409 bits per heavy atom. The van der Waals surface area contributed by atoms with Crippen LogP contribution in [-0.2, 0) is 12.8 Å². The van der Waals surface area contributed by atoms with Gasteiger partial charge in [-0.15, -0.1) is 68.0 Å². The summed E-state index contributed by atoms with van der Waals surface area (Å²) in [6.07, 6.45) is 13.0. The Balaban J connectivity index is 1.23. The maximum atomic E-state index is 2.41. The number of hydrogen-bond donors (Lipinski definition) is 0. The second kappa shape index (κ2) is 15.2. The van der Waals surface area contributed by atoms with Crippen LogP contribution < -0.4 is 0 Å². The molecule has 0 atom stereocenters. The quantitative estimate of drug-likeness (QED) is 0.0941. The fourth-order valence-electron chi connectivity index (χ4n) is 5.70. The van der Waals surface area contributed by atoms with Gasteiger partial charge in [0.15, 0.2) is 0 Å². The van der Waals surface area contributed by atoms with Crippen molar-refractivity contribution in [1.82, 2.24) is 0 Å². The molecule has 0 N–H and O–H groups in total. The zero-order chi connectivity index (χ0) is 30.5. The Kier molecular flexibility index (Phi) is 11.1. The van der Waals surface area contributed by atoms with Crippen LogP contribution in [0.15, 0.2) is 60.7 Å². The van der Waals surface area contributed by atoms with Gasteiger partial charge in [0, 0.05) is 59.9 Å². The monoisotopic (exact) mass is 690 g/mol. The van der Waals surface area contributed by atoms with Crippen molar-refractivity contribution in [2.75, 3.05) is 0 Å². The smallest absolute Gasteiger partial charge is 0.0538 e. The molecular weight excluding hydrogens is 649 g/mol. The highest BCUT2D eigenvalue weighted by molar-refractivity contribution is 7.26.